The van der Waals surface area contributed by atoms with Crippen molar-refractivity contribution in [2.24, 2.45) is 5.73 Å². The van der Waals surface area contributed by atoms with Gasteiger partial charge in [0.05, 0.1) is 0 Å². The predicted molar refractivity (Wildman–Crippen MR) is 68.4 cm³/mol. The molecule has 0 rings (SSSR count). The minimum Gasteiger partial charge on any atom is -0.345 e. The molecule has 0 fully saturated rings. The molecular formula is C12H25N3O2. The summed E-state index contributed by atoms with van der Waals surface area (Å²) < 4.78 is 0. The lowest BCUT2D eigenvalue weighted by Crippen LogP contribution is -2.49. The zero-order chi connectivity index (χ0) is 13.6. The average Bonchev–Trinajstić information content (AvgIpc) is 2.16. The van der Waals surface area contributed by atoms with Crippen LogP contribution in [-0.4, -0.2) is 41.4 Å². The molecule has 0 bridgehead atoms. The van der Waals surface area contributed by atoms with Gasteiger partial charge in [0.2, 0.25) is 11.8 Å². The third-order valence-electron chi connectivity index (χ3n) is 2.44. The molecule has 17 heavy (non-hydrogen) atoms. The molecule has 1 unspecified atom stereocenters. The van der Waals surface area contributed by atoms with Gasteiger partial charge in [-0.2, -0.15) is 0 Å². The van der Waals surface area contributed by atoms with Crippen LogP contribution in [-0.2, 0) is 9.59 Å². The fourth-order valence-corrected chi connectivity index (χ4v) is 1.58. The van der Waals surface area contributed by atoms with Crippen LogP contribution in [0, 0.1) is 0 Å². The van der Waals surface area contributed by atoms with Gasteiger partial charge < -0.3 is 16.0 Å². The third-order valence-corrected chi connectivity index (χ3v) is 2.44. The van der Waals surface area contributed by atoms with E-state index in [1.165, 1.54) is 0 Å². The summed E-state index contributed by atoms with van der Waals surface area (Å²) in [6, 6.07) is -0.496. The smallest absolute Gasteiger partial charge is 0.244 e. The van der Waals surface area contributed by atoms with E-state index in [4.69, 9.17) is 5.73 Å². The van der Waals surface area contributed by atoms with Crippen molar-refractivity contribution < 1.29 is 9.59 Å². The minimum atomic E-state index is -0.554. The molecule has 0 aliphatic rings. The summed E-state index contributed by atoms with van der Waals surface area (Å²) in [6.45, 7) is 10.4. The van der Waals surface area contributed by atoms with E-state index in [0.717, 1.165) is 0 Å². The summed E-state index contributed by atoms with van der Waals surface area (Å²) in [5.41, 5.74) is 5.19. The minimum absolute atomic E-state index is 0.0572. The summed E-state index contributed by atoms with van der Waals surface area (Å²) in [6.07, 6.45) is 0.211. The molecule has 0 saturated carbocycles. The fraction of sp³-hybridized carbons (Fsp3) is 0.833. The Hall–Kier alpha value is -1.10. The molecule has 0 heterocycles. The van der Waals surface area contributed by atoms with Crippen LogP contribution in [0.1, 0.15) is 41.0 Å². The Labute approximate surface area is 104 Å². The van der Waals surface area contributed by atoms with E-state index >= 15 is 0 Å². The Morgan fingerprint density at radius 2 is 1.76 bits per heavy atom. The molecule has 0 saturated heterocycles. The van der Waals surface area contributed by atoms with Crippen LogP contribution in [0.25, 0.3) is 0 Å². The molecule has 0 radical (unpaired) electrons. The Balaban J connectivity index is 4.30. The number of amides is 2. The number of carbonyl (C=O) groups is 2. The second kappa shape index (κ2) is 6.59. The molecule has 0 aliphatic heterocycles. The van der Waals surface area contributed by atoms with Crippen molar-refractivity contribution in [2.75, 3.05) is 13.1 Å². The maximum absolute atomic E-state index is 11.9. The molecule has 5 heteroatoms. The quantitative estimate of drug-likeness (QED) is 0.713. The zero-order valence-corrected chi connectivity index (χ0v) is 11.5. The molecule has 5 nitrogen and oxygen atoms in total. The molecule has 0 aromatic heterocycles. The number of nitrogens with two attached hydrogens (primary N) is 1. The predicted octanol–water partition coefficient (Wildman–Crippen LogP) is 0.487. The molecule has 2 amide bonds. The molecular weight excluding hydrogens is 218 g/mol. The Morgan fingerprint density at radius 3 is 2.12 bits per heavy atom. The maximum Gasteiger partial charge on any atom is 0.244 e. The van der Waals surface area contributed by atoms with E-state index in [-0.39, 0.29) is 18.2 Å². The number of hydrogen-bond donors (Lipinski definition) is 2. The Bertz CT molecular complexity index is 267. The van der Waals surface area contributed by atoms with Crippen molar-refractivity contribution in [3.63, 3.8) is 0 Å². The van der Waals surface area contributed by atoms with Gasteiger partial charge >= 0.3 is 0 Å². The van der Waals surface area contributed by atoms with Gasteiger partial charge in [0.1, 0.15) is 6.04 Å². The van der Waals surface area contributed by atoms with Crippen LogP contribution >= 0.6 is 0 Å². The van der Waals surface area contributed by atoms with Crippen LogP contribution in [0.15, 0.2) is 0 Å². The lowest BCUT2D eigenvalue weighted by Gasteiger charge is -2.24. The number of likely N-dealkylation sites (N-methyl/N-ethyl adjacent to an activating group) is 1. The number of rotatable bonds is 6. The summed E-state index contributed by atoms with van der Waals surface area (Å²) in [4.78, 5) is 25.2. The van der Waals surface area contributed by atoms with Crippen molar-refractivity contribution in [1.82, 2.24) is 10.2 Å². The molecule has 3 N–H and O–H groups in total. The first-order valence-corrected chi connectivity index (χ1v) is 6.08. The first-order chi connectivity index (χ1) is 7.71. The van der Waals surface area contributed by atoms with E-state index in [9.17, 15) is 9.59 Å². The first-order valence-electron chi connectivity index (χ1n) is 6.08. The largest absolute Gasteiger partial charge is 0.345 e. The van der Waals surface area contributed by atoms with Gasteiger partial charge in [-0.3, -0.25) is 9.59 Å². The highest BCUT2D eigenvalue weighted by Gasteiger charge is 2.22. The lowest BCUT2D eigenvalue weighted by molar-refractivity contribution is -0.135. The molecule has 0 aromatic rings. The molecule has 0 spiro atoms. The number of carbonyl (C=O) groups excluding carboxylic acids is 2. The average molecular weight is 243 g/mol. The van der Waals surface area contributed by atoms with Crippen LogP contribution in [0.3, 0.4) is 0 Å². The Kier molecular flexibility index (Phi) is 6.16. The molecule has 100 valence electrons. The maximum atomic E-state index is 11.9. The summed E-state index contributed by atoms with van der Waals surface area (Å²) >= 11 is 0. The van der Waals surface area contributed by atoms with E-state index in [0.29, 0.717) is 13.1 Å². The van der Waals surface area contributed by atoms with E-state index in [1.807, 2.05) is 13.8 Å². The van der Waals surface area contributed by atoms with Gasteiger partial charge in [0, 0.05) is 25.0 Å². The normalized spacial score (nSPS) is 13.1. The SMILES string of the molecule is CCN(CC)C(=O)C(C)NC(=O)CC(C)(C)N. The Morgan fingerprint density at radius 1 is 1.29 bits per heavy atom. The monoisotopic (exact) mass is 243 g/mol. The van der Waals surface area contributed by atoms with Crippen LogP contribution in [0.4, 0.5) is 0 Å². The van der Waals surface area contributed by atoms with Gasteiger partial charge in [-0.1, -0.05) is 0 Å². The highest BCUT2D eigenvalue weighted by Crippen LogP contribution is 2.03. The second-order valence-corrected chi connectivity index (χ2v) is 4.97. The van der Waals surface area contributed by atoms with Gasteiger partial charge in [0.15, 0.2) is 0 Å². The van der Waals surface area contributed by atoms with E-state index in [1.54, 1.807) is 25.7 Å². The van der Waals surface area contributed by atoms with Gasteiger partial charge in [0.25, 0.3) is 0 Å². The van der Waals surface area contributed by atoms with Gasteiger partial charge in [-0.15, -0.1) is 0 Å². The van der Waals surface area contributed by atoms with Crippen molar-refractivity contribution >= 4 is 11.8 Å². The van der Waals surface area contributed by atoms with Crippen molar-refractivity contribution in [3.8, 4) is 0 Å². The number of nitrogens with one attached hydrogen (secondary N) is 1. The van der Waals surface area contributed by atoms with Crippen molar-refractivity contribution in [1.29, 1.82) is 0 Å². The molecule has 0 aromatic carbocycles. The number of nitrogens with zero attached hydrogens (tertiary/aromatic N) is 1. The first kappa shape index (κ1) is 15.9. The third kappa shape index (κ3) is 6.26. The molecule has 1 atom stereocenters. The van der Waals surface area contributed by atoms with E-state index in [2.05, 4.69) is 5.32 Å². The summed E-state index contributed by atoms with van der Waals surface area (Å²) in [5.74, 6) is -0.247. The standard InChI is InChI=1S/C12H25N3O2/c1-6-15(7-2)11(17)9(3)14-10(16)8-12(4,5)13/h9H,6-8,13H2,1-5H3,(H,14,16). The molecule has 0 aliphatic carbocycles. The zero-order valence-electron chi connectivity index (χ0n) is 11.5. The lowest BCUT2D eigenvalue weighted by atomic mass is 10.0. The van der Waals surface area contributed by atoms with Crippen molar-refractivity contribution in [3.05, 3.63) is 0 Å². The fourth-order valence-electron chi connectivity index (χ4n) is 1.58. The topological polar surface area (TPSA) is 75.4 Å². The van der Waals surface area contributed by atoms with Crippen LogP contribution in [0.5, 0.6) is 0 Å². The van der Waals surface area contributed by atoms with Crippen LogP contribution in [0.2, 0.25) is 0 Å². The van der Waals surface area contributed by atoms with Crippen LogP contribution < -0.4 is 11.1 Å². The summed E-state index contributed by atoms with van der Waals surface area (Å²) in [5, 5.41) is 2.68. The van der Waals surface area contributed by atoms with E-state index < -0.39 is 11.6 Å². The summed E-state index contributed by atoms with van der Waals surface area (Å²) in [7, 11) is 0. The van der Waals surface area contributed by atoms with Gasteiger partial charge in [-0.05, 0) is 34.6 Å². The highest BCUT2D eigenvalue weighted by atomic mass is 16.2. The second-order valence-electron chi connectivity index (χ2n) is 4.97. The highest BCUT2D eigenvalue weighted by molar-refractivity contribution is 5.87. The van der Waals surface area contributed by atoms with Gasteiger partial charge in [-0.25, -0.2) is 0 Å². The number of hydrogen-bond acceptors (Lipinski definition) is 3. The van der Waals surface area contributed by atoms with Crippen molar-refractivity contribution in [2.45, 2.75) is 52.6 Å².